The van der Waals surface area contributed by atoms with Gasteiger partial charge >= 0.3 is 12.1 Å². The van der Waals surface area contributed by atoms with Crippen molar-refractivity contribution in [2.75, 3.05) is 44.3 Å². The van der Waals surface area contributed by atoms with Crippen molar-refractivity contribution in [2.45, 2.75) is 69.1 Å². The van der Waals surface area contributed by atoms with E-state index in [1.165, 1.54) is 0 Å². The third-order valence-electron chi connectivity index (χ3n) is 10.9. The van der Waals surface area contributed by atoms with Crippen molar-refractivity contribution < 1.29 is 23.0 Å². The van der Waals surface area contributed by atoms with Gasteiger partial charge in [0.2, 0.25) is 0 Å². The van der Waals surface area contributed by atoms with Crippen LogP contribution in [0.2, 0.25) is 0 Å². The number of carbonyl (C=O) groups is 1. The van der Waals surface area contributed by atoms with Crippen molar-refractivity contribution in [1.82, 2.24) is 35.4 Å². The Morgan fingerprint density at radius 2 is 2.09 bits per heavy atom. The molecule has 1 aliphatic carbocycles. The second-order valence-corrected chi connectivity index (χ2v) is 13.8. The van der Waals surface area contributed by atoms with E-state index < -0.39 is 23.6 Å². The van der Waals surface area contributed by atoms with Crippen LogP contribution in [0.3, 0.4) is 0 Å². The van der Waals surface area contributed by atoms with Gasteiger partial charge in [-0.15, -0.1) is 0 Å². The molecule has 11 nitrogen and oxygen atoms in total. The number of ether oxygens (including phenoxy) is 2. The molecule has 46 heavy (non-hydrogen) atoms. The Hall–Kier alpha value is -4.13. The van der Waals surface area contributed by atoms with E-state index in [4.69, 9.17) is 19.4 Å². The maximum atomic E-state index is 17.1. The lowest BCUT2D eigenvalue weighted by molar-refractivity contribution is 0.107. The van der Waals surface area contributed by atoms with E-state index in [9.17, 15) is 9.18 Å². The van der Waals surface area contributed by atoms with Crippen LogP contribution in [0.25, 0.3) is 33.1 Å². The fraction of sp³-hybridized carbons (Fsp3) is 0.545. The molecule has 8 heterocycles. The Bertz CT molecular complexity index is 1890. The minimum absolute atomic E-state index is 0.0519. The molecule has 6 bridgehead atoms. The van der Waals surface area contributed by atoms with Gasteiger partial charge in [0.15, 0.2) is 5.82 Å². The predicted octanol–water partition coefficient (Wildman–Crippen LogP) is 4.78. The van der Waals surface area contributed by atoms with Crippen molar-refractivity contribution in [3.63, 3.8) is 0 Å². The summed E-state index contributed by atoms with van der Waals surface area (Å²) in [6.07, 6.45) is 6.60. The lowest BCUT2D eigenvalue weighted by atomic mass is 9.91. The predicted molar refractivity (Wildman–Crippen MR) is 166 cm³/mol. The van der Waals surface area contributed by atoms with E-state index in [0.29, 0.717) is 61.8 Å². The molecule has 4 fully saturated rings. The van der Waals surface area contributed by atoms with Crippen LogP contribution < -0.4 is 15.0 Å². The van der Waals surface area contributed by atoms with Crippen molar-refractivity contribution in [3.05, 3.63) is 35.4 Å². The molecule has 1 saturated carbocycles. The highest BCUT2D eigenvalue weighted by Crippen LogP contribution is 2.54. The number of hydrogen-bond donors (Lipinski definition) is 2. The van der Waals surface area contributed by atoms with E-state index in [1.807, 2.05) is 11.8 Å². The molecule has 4 aromatic rings. The average Bonchev–Trinajstić information content (AvgIpc) is 3.42. The first kappa shape index (κ1) is 28.1. The molecule has 0 unspecified atom stereocenters. The Morgan fingerprint density at radius 3 is 3.00 bits per heavy atom. The summed E-state index contributed by atoms with van der Waals surface area (Å²) in [6.45, 7) is 4.88. The van der Waals surface area contributed by atoms with Gasteiger partial charge in [-0.05, 0) is 74.6 Å². The highest BCUT2D eigenvalue weighted by atomic mass is 19.1. The molecule has 1 aromatic carbocycles. The maximum Gasteiger partial charge on any atom is 0.407 e. The number of benzene rings is 1. The Balaban J connectivity index is 1.20. The highest BCUT2D eigenvalue weighted by molar-refractivity contribution is 6.00. The van der Waals surface area contributed by atoms with Crippen LogP contribution in [-0.2, 0) is 4.74 Å². The van der Waals surface area contributed by atoms with Crippen LogP contribution in [0.5, 0.6) is 6.01 Å². The summed E-state index contributed by atoms with van der Waals surface area (Å²) >= 11 is 0. The first-order valence-corrected chi connectivity index (χ1v) is 16.4. The molecule has 0 radical (unpaired) electrons. The minimum Gasteiger partial charge on any atom is -0.461 e. The zero-order valence-electron chi connectivity index (χ0n) is 25.7. The van der Waals surface area contributed by atoms with E-state index in [2.05, 4.69) is 31.5 Å². The molecule has 3 saturated heterocycles. The third-order valence-corrected chi connectivity index (χ3v) is 10.9. The molecule has 13 heteroatoms. The fourth-order valence-corrected chi connectivity index (χ4v) is 8.63. The summed E-state index contributed by atoms with van der Waals surface area (Å²) in [5.74, 6) is 0.434. The van der Waals surface area contributed by atoms with Crippen LogP contribution >= 0.6 is 0 Å². The number of H-pyrrole nitrogens is 1. The molecule has 2 N–H and O–H groups in total. The van der Waals surface area contributed by atoms with Gasteiger partial charge in [-0.25, -0.2) is 13.6 Å². The molecule has 0 spiro atoms. The summed E-state index contributed by atoms with van der Waals surface area (Å²) in [7, 11) is 0. The molecule has 6 aliphatic rings. The number of rotatable bonds is 3. The SMILES string of the molecule is Cc1cc2[nH]ncc2c2c1[C@@H]1C[C@@H]1CCOC(=O)N[C@@H]1CCN(C1)c1nc(OC[C@@]34CCCN3C[C@H](F)C4)nc3c(F)c-2ncc13. The number of hydrogen-bond acceptors (Lipinski definition) is 9. The summed E-state index contributed by atoms with van der Waals surface area (Å²) in [6, 6.07) is 1.95. The second-order valence-electron chi connectivity index (χ2n) is 13.8. The zero-order chi connectivity index (χ0) is 31.2. The molecular formula is C33H36F2N8O3. The number of nitrogens with zero attached hydrogens (tertiary/aromatic N) is 6. The Labute approximate surface area is 264 Å². The third kappa shape index (κ3) is 4.49. The smallest absolute Gasteiger partial charge is 0.407 e. The number of fused-ring (bicyclic) bond motifs is 7. The number of pyridine rings is 1. The van der Waals surface area contributed by atoms with Crippen LogP contribution in [0.4, 0.5) is 19.4 Å². The number of carbonyl (C=O) groups excluding carboxylic acids is 1. The number of anilines is 1. The van der Waals surface area contributed by atoms with Crippen LogP contribution in [0.1, 0.15) is 55.6 Å². The van der Waals surface area contributed by atoms with Gasteiger partial charge in [-0.2, -0.15) is 15.1 Å². The zero-order valence-corrected chi connectivity index (χ0v) is 25.7. The topological polar surface area (TPSA) is 121 Å². The first-order valence-electron chi connectivity index (χ1n) is 16.4. The van der Waals surface area contributed by atoms with E-state index in [1.54, 1.807) is 12.4 Å². The second kappa shape index (κ2) is 10.4. The highest BCUT2D eigenvalue weighted by Gasteiger charge is 2.49. The number of aromatic amines is 1. The van der Waals surface area contributed by atoms with E-state index >= 15 is 4.39 Å². The number of nitrogens with one attached hydrogen (secondary N) is 2. The molecule has 240 valence electrons. The number of alkyl carbamates (subject to hydrolysis) is 1. The van der Waals surface area contributed by atoms with Crippen molar-refractivity contribution in [1.29, 1.82) is 0 Å². The Kier molecular flexibility index (Phi) is 6.38. The van der Waals surface area contributed by atoms with E-state index in [-0.39, 0.29) is 35.8 Å². The molecular weight excluding hydrogens is 594 g/mol. The quantitative estimate of drug-likeness (QED) is 0.329. The van der Waals surface area contributed by atoms with Gasteiger partial charge in [-0.1, -0.05) is 0 Å². The normalized spacial score (nSPS) is 29.1. The number of aryl methyl sites for hydroxylation is 1. The Morgan fingerprint density at radius 1 is 1.17 bits per heavy atom. The number of aromatic nitrogens is 5. The molecule has 10 rings (SSSR count). The van der Waals surface area contributed by atoms with Crippen molar-refractivity contribution >= 4 is 33.7 Å². The monoisotopic (exact) mass is 630 g/mol. The summed E-state index contributed by atoms with van der Waals surface area (Å²) in [5.41, 5.74) is 3.51. The van der Waals surface area contributed by atoms with Crippen LogP contribution in [0.15, 0.2) is 18.5 Å². The van der Waals surface area contributed by atoms with Gasteiger partial charge in [0.25, 0.3) is 0 Å². The number of alkyl halides is 1. The summed E-state index contributed by atoms with van der Waals surface area (Å²) < 4.78 is 43.5. The van der Waals surface area contributed by atoms with Gasteiger partial charge in [-0.3, -0.25) is 15.0 Å². The summed E-state index contributed by atoms with van der Waals surface area (Å²) in [5, 5.41) is 11.6. The molecule has 1 amide bonds. The number of halogens is 2. The molecule has 5 atom stereocenters. The maximum absolute atomic E-state index is 17.1. The van der Waals surface area contributed by atoms with Gasteiger partial charge in [0, 0.05) is 43.2 Å². The molecule has 3 aromatic heterocycles. The largest absolute Gasteiger partial charge is 0.461 e. The standard InChI is InChI=1S/C33H36F2N8O3/c1-17-9-24-22(13-37-41-24)26-25(17)21-10-18(21)4-8-45-32(44)38-20-3-7-42(15-20)30-23-12-36-29(26)27(35)28(23)39-31(40-30)46-16-33-5-2-6-43(33)14-19(34)11-33/h9,12-13,18-21H,2-8,10-11,14-16H2,1H3,(H,37,41)(H,38,44)/t18-,19+,20+,21+,33-/m0/s1. The lowest BCUT2D eigenvalue weighted by Gasteiger charge is -2.31. The van der Waals surface area contributed by atoms with Gasteiger partial charge in [0.1, 0.15) is 29.8 Å². The average molecular weight is 631 g/mol. The van der Waals surface area contributed by atoms with Crippen LogP contribution in [-0.4, -0.2) is 93.3 Å². The lowest BCUT2D eigenvalue weighted by Crippen LogP contribution is -2.43. The molecule has 5 aliphatic heterocycles. The minimum atomic E-state index is -0.894. The van der Waals surface area contributed by atoms with Crippen LogP contribution in [0, 0.1) is 18.7 Å². The fourth-order valence-electron chi connectivity index (χ4n) is 8.63. The first-order chi connectivity index (χ1) is 22.4. The van der Waals surface area contributed by atoms with Gasteiger partial charge < -0.3 is 19.7 Å². The summed E-state index contributed by atoms with van der Waals surface area (Å²) in [4.78, 5) is 31.1. The van der Waals surface area contributed by atoms with Crippen molar-refractivity contribution in [2.24, 2.45) is 5.92 Å². The van der Waals surface area contributed by atoms with Gasteiger partial charge in [0.05, 0.1) is 35.3 Å². The van der Waals surface area contributed by atoms with E-state index in [0.717, 1.165) is 54.3 Å². The number of amides is 1. The van der Waals surface area contributed by atoms with Crippen molar-refractivity contribution in [3.8, 4) is 17.3 Å².